The van der Waals surface area contributed by atoms with Crippen LogP contribution in [0.3, 0.4) is 0 Å². The van der Waals surface area contributed by atoms with E-state index in [1.807, 2.05) is 20.8 Å². The van der Waals surface area contributed by atoms with E-state index in [4.69, 9.17) is 4.74 Å². The van der Waals surface area contributed by atoms with E-state index in [1.165, 1.54) is 12.8 Å². The second-order valence-corrected chi connectivity index (χ2v) is 5.58. The fourth-order valence-corrected chi connectivity index (χ4v) is 1.64. The first kappa shape index (κ1) is 16.4. The van der Waals surface area contributed by atoms with Crippen molar-refractivity contribution in [1.29, 1.82) is 0 Å². The maximum atomic E-state index is 11.5. The van der Waals surface area contributed by atoms with Gasteiger partial charge in [0.1, 0.15) is 0 Å². The zero-order valence-electron chi connectivity index (χ0n) is 12.2. The largest absolute Gasteiger partial charge is 0.465 e. The number of esters is 1. The molecule has 0 aliphatic carbocycles. The smallest absolute Gasteiger partial charge is 0.311 e. The summed E-state index contributed by atoms with van der Waals surface area (Å²) in [6, 6.07) is 0. The van der Waals surface area contributed by atoms with Crippen LogP contribution in [0, 0.1) is 5.41 Å². The zero-order valence-corrected chi connectivity index (χ0v) is 12.2. The summed E-state index contributed by atoms with van der Waals surface area (Å²) in [6.45, 7) is 13.9. The summed E-state index contributed by atoms with van der Waals surface area (Å²) in [5, 5.41) is 0. The van der Waals surface area contributed by atoms with E-state index in [0.29, 0.717) is 6.61 Å². The highest BCUT2D eigenvalue weighted by Crippen LogP contribution is 2.15. The summed E-state index contributed by atoms with van der Waals surface area (Å²) in [4.78, 5) is 14.0. The van der Waals surface area contributed by atoms with Gasteiger partial charge in [0.05, 0.1) is 12.0 Å². The molecular weight excluding hydrogens is 214 g/mol. The van der Waals surface area contributed by atoms with Crippen LogP contribution in [-0.2, 0) is 9.53 Å². The second kappa shape index (κ2) is 8.51. The lowest BCUT2D eigenvalue weighted by atomic mass is 9.97. The van der Waals surface area contributed by atoms with E-state index in [-0.39, 0.29) is 11.4 Å². The standard InChI is InChI=1S/C14H29NO2/c1-6-9-15(10-7-2)11-8-12-17-13(16)14(3,4)5/h6-12H2,1-5H3. The van der Waals surface area contributed by atoms with Gasteiger partial charge in [0, 0.05) is 6.54 Å². The lowest BCUT2D eigenvalue weighted by Gasteiger charge is -2.21. The van der Waals surface area contributed by atoms with E-state index >= 15 is 0 Å². The third-order valence-electron chi connectivity index (χ3n) is 2.54. The van der Waals surface area contributed by atoms with Crippen molar-refractivity contribution in [2.45, 2.75) is 53.9 Å². The van der Waals surface area contributed by atoms with Crippen LogP contribution in [0.4, 0.5) is 0 Å². The highest BCUT2D eigenvalue weighted by atomic mass is 16.5. The van der Waals surface area contributed by atoms with Gasteiger partial charge in [0.25, 0.3) is 0 Å². The molecule has 0 atom stereocenters. The molecule has 0 rings (SSSR count). The van der Waals surface area contributed by atoms with Gasteiger partial charge in [0.15, 0.2) is 0 Å². The van der Waals surface area contributed by atoms with E-state index in [1.54, 1.807) is 0 Å². The molecule has 0 unspecified atom stereocenters. The number of carbonyl (C=O) groups is 1. The van der Waals surface area contributed by atoms with Crippen molar-refractivity contribution in [2.75, 3.05) is 26.2 Å². The monoisotopic (exact) mass is 243 g/mol. The summed E-state index contributed by atoms with van der Waals surface area (Å²) >= 11 is 0. The number of hydrogen-bond acceptors (Lipinski definition) is 3. The average molecular weight is 243 g/mol. The number of carbonyl (C=O) groups excluding carboxylic acids is 1. The Morgan fingerprint density at radius 1 is 1.06 bits per heavy atom. The Morgan fingerprint density at radius 3 is 2.00 bits per heavy atom. The predicted octanol–water partition coefficient (Wildman–Crippen LogP) is 3.09. The summed E-state index contributed by atoms with van der Waals surface area (Å²) in [5.74, 6) is -0.102. The van der Waals surface area contributed by atoms with E-state index < -0.39 is 0 Å². The van der Waals surface area contributed by atoms with Crippen molar-refractivity contribution in [1.82, 2.24) is 4.90 Å². The molecule has 3 heteroatoms. The molecule has 0 saturated carbocycles. The van der Waals surface area contributed by atoms with Gasteiger partial charge in [-0.05, 0) is 53.1 Å². The first-order valence-electron chi connectivity index (χ1n) is 6.81. The summed E-state index contributed by atoms with van der Waals surface area (Å²) in [5.41, 5.74) is -0.382. The van der Waals surface area contributed by atoms with Gasteiger partial charge < -0.3 is 9.64 Å². The number of rotatable bonds is 8. The molecule has 0 amide bonds. The quantitative estimate of drug-likeness (QED) is 0.484. The van der Waals surface area contributed by atoms with Crippen molar-refractivity contribution < 1.29 is 9.53 Å². The molecule has 0 aliphatic heterocycles. The molecule has 0 aliphatic rings. The van der Waals surface area contributed by atoms with Crippen LogP contribution in [0.25, 0.3) is 0 Å². The molecule has 0 heterocycles. The van der Waals surface area contributed by atoms with Crippen LogP contribution in [-0.4, -0.2) is 37.1 Å². The van der Waals surface area contributed by atoms with Crippen molar-refractivity contribution in [3.05, 3.63) is 0 Å². The molecule has 0 aromatic carbocycles. The molecule has 0 fully saturated rings. The van der Waals surface area contributed by atoms with E-state index in [9.17, 15) is 4.79 Å². The molecule has 3 nitrogen and oxygen atoms in total. The molecule has 0 saturated heterocycles. The van der Waals surface area contributed by atoms with Gasteiger partial charge in [0.2, 0.25) is 0 Å². The van der Waals surface area contributed by atoms with Crippen molar-refractivity contribution in [3.63, 3.8) is 0 Å². The molecule has 102 valence electrons. The highest BCUT2D eigenvalue weighted by molar-refractivity contribution is 5.75. The van der Waals surface area contributed by atoms with Gasteiger partial charge in [-0.15, -0.1) is 0 Å². The summed E-state index contributed by atoms with van der Waals surface area (Å²) in [7, 11) is 0. The number of ether oxygens (including phenoxy) is 1. The lowest BCUT2D eigenvalue weighted by Crippen LogP contribution is -2.28. The Morgan fingerprint density at radius 2 is 1.59 bits per heavy atom. The normalized spacial score (nSPS) is 11.9. The molecular formula is C14H29NO2. The topological polar surface area (TPSA) is 29.5 Å². The average Bonchev–Trinajstić information content (AvgIpc) is 2.23. The van der Waals surface area contributed by atoms with Gasteiger partial charge in [-0.25, -0.2) is 0 Å². The summed E-state index contributed by atoms with van der Waals surface area (Å²) in [6.07, 6.45) is 3.30. The van der Waals surface area contributed by atoms with Crippen LogP contribution in [0.1, 0.15) is 53.9 Å². The SMILES string of the molecule is CCCN(CCC)CCCOC(=O)C(C)(C)C. The maximum absolute atomic E-state index is 11.5. The minimum atomic E-state index is -0.382. The summed E-state index contributed by atoms with van der Waals surface area (Å²) < 4.78 is 5.25. The fraction of sp³-hybridized carbons (Fsp3) is 0.929. The Bertz CT molecular complexity index is 203. The van der Waals surface area contributed by atoms with Gasteiger partial charge in [-0.3, -0.25) is 4.79 Å². The van der Waals surface area contributed by atoms with Crippen molar-refractivity contribution in [3.8, 4) is 0 Å². The Balaban J connectivity index is 3.71. The van der Waals surface area contributed by atoms with Crippen LogP contribution >= 0.6 is 0 Å². The van der Waals surface area contributed by atoms with Crippen LogP contribution in [0.5, 0.6) is 0 Å². The van der Waals surface area contributed by atoms with Crippen molar-refractivity contribution >= 4 is 5.97 Å². The second-order valence-electron chi connectivity index (χ2n) is 5.58. The fourth-order valence-electron chi connectivity index (χ4n) is 1.64. The molecule has 0 bridgehead atoms. The van der Waals surface area contributed by atoms with Crippen LogP contribution in [0.15, 0.2) is 0 Å². The Labute approximate surface area is 107 Å². The first-order valence-corrected chi connectivity index (χ1v) is 6.81. The van der Waals surface area contributed by atoms with E-state index in [0.717, 1.165) is 26.1 Å². The molecule has 0 radical (unpaired) electrons. The van der Waals surface area contributed by atoms with Crippen LogP contribution in [0.2, 0.25) is 0 Å². The minimum Gasteiger partial charge on any atom is -0.465 e. The minimum absolute atomic E-state index is 0.102. The van der Waals surface area contributed by atoms with Crippen molar-refractivity contribution in [2.24, 2.45) is 5.41 Å². The van der Waals surface area contributed by atoms with Gasteiger partial charge in [-0.2, -0.15) is 0 Å². The molecule has 0 spiro atoms. The predicted molar refractivity (Wildman–Crippen MR) is 72.1 cm³/mol. The molecule has 17 heavy (non-hydrogen) atoms. The highest BCUT2D eigenvalue weighted by Gasteiger charge is 2.22. The maximum Gasteiger partial charge on any atom is 0.311 e. The molecule has 0 N–H and O–H groups in total. The molecule has 0 aromatic heterocycles. The van der Waals surface area contributed by atoms with Crippen LogP contribution < -0.4 is 0 Å². The van der Waals surface area contributed by atoms with Gasteiger partial charge >= 0.3 is 5.97 Å². The van der Waals surface area contributed by atoms with Gasteiger partial charge in [-0.1, -0.05) is 13.8 Å². The zero-order chi connectivity index (χ0) is 13.3. The number of nitrogens with zero attached hydrogens (tertiary/aromatic N) is 1. The first-order chi connectivity index (χ1) is 7.91. The van der Waals surface area contributed by atoms with E-state index in [2.05, 4.69) is 18.7 Å². The Kier molecular flexibility index (Phi) is 8.23. The molecule has 0 aromatic rings. The third kappa shape index (κ3) is 8.19. The third-order valence-corrected chi connectivity index (χ3v) is 2.54. The number of hydrogen-bond donors (Lipinski definition) is 0. The lowest BCUT2D eigenvalue weighted by molar-refractivity contribution is -0.153. The Hall–Kier alpha value is -0.570.